The van der Waals surface area contributed by atoms with E-state index in [0.717, 1.165) is 23.6 Å². The number of carbonyl (C=O) groups is 1. The standard InChI is InChI=1S/C16H20N2O3/c1-2-14-7-8-15(21-14)11-18-13-5-3-12(4-6-13)16(20)17-9-10-19/h3-8,18-19H,2,9-11H2,1H3,(H,17,20). The van der Waals surface area contributed by atoms with Gasteiger partial charge in [0.1, 0.15) is 11.5 Å². The normalized spacial score (nSPS) is 10.4. The molecule has 2 aromatic rings. The summed E-state index contributed by atoms with van der Waals surface area (Å²) in [6, 6.07) is 11.1. The molecule has 0 aliphatic rings. The SMILES string of the molecule is CCc1ccc(CNc2ccc(C(=O)NCCO)cc2)o1. The third-order valence-electron chi connectivity index (χ3n) is 3.08. The number of carbonyl (C=O) groups excluding carboxylic acids is 1. The molecule has 0 atom stereocenters. The Balaban J connectivity index is 1.88. The van der Waals surface area contributed by atoms with Crippen molar-refractivity contribution in [2.45, 2.75) is 19.9 Å². The van der Waals surface area contributed by atoms with Gasteiger partial charge in [-0.05, 0) is 36.4 Å². The van der Waals surface area contributed by atoms with Crippen LogP contribution in [0.2, 0.25) is 0 Å². The first-order chi connectivity index (χ1) is 10.2. The van der Waals surface area contributed by atoms with Gasteiger partial charge in [0.25, 0.3) is 5.91 Å². The molecule has 5 heteroatoms. The van der Waals surface area contributed by atoms with Crippen molar-refractivity contribution < 1.29 is 14.3 Å². The third kappa shape index (κ3) is 4.36. The zero-order chi connectivity index (χ0) is 15.1. The predicted molar refractivity (Wildman–Crippen MR) is 81.3 cm³/mol. The number of hydrogen-bond acceptors (Lipinski definition) is 4. The fourth-order valence-corrected chi connectivity index (χ4v) is 1.91. The molecule has 0 spiro atoms. The summed E-state index contributed by atoms with van der Waals surface area (Å²) in [6.07, 6.45) is 0.887. The van der Waals surface area contributed by atoms with Crippen LogP contribution >= 0.6 is 0 Å². The quantitative estimate of drug-likeness (QED) is 0.730. The molecule has 1 aromatic carbocycles. The molecule has 0 aliphatic heterocycles. The molecule has 0 fully saturated rings. The summed E-state index contributed by atoms with van der Waals surface area (Å²) >= 11 is 0. The molecule has 0 saturated carbocycles. The van der Waals surface area contributed by atoms with Crippen molar-refractivity contribution in [3.8, 4) is 0 Å². The molecular formula is C16H20N2O3. The van der Waals surface area contributed by atoms with Crippen LogP contribution in [0.4, 0.5) is 5.69 Å². The van der Waals surface area contributed by atoms with E-state index < -0.39 is 0 Å². The van der Waals surface area contributed by atoms with Crippen molar-refractivity contribution in [3.63, 3.8) is 0 Å². The van der Waals surface area contributed by atoms with Gasteiger partial charge in [-0.25, -0.2) is 0 Å². The van der Waals surface area contributed by atoms with Crippen molar-refractivity contribution in [1.29, 1.82) is 0 Å². The van der Waals surface area contributed by atoms with Crippen molar-refractivity contribution in [3.05, 3.63) is 53.5 Å². The van der Waals surface area contributed by atoms with Crippen LogP contribution in [0, 0.1) is 0 Å². The summed E-state index contributed by atoms with van der Waals surface area (Å²) < 4.78 is 5.61. The van der Waals surface area contributed by atoms with Crippen LogP contribution in [-0.4, -0.2) is 24.2 Å². The van der Waals surface area contributed by atoms with Gasteiger partial charge in [-0.3, -0.25) is 4.79 Å². The number of nitrogens with one attached hydrogen (secondary N) is 2. The Morgan fingerprint density at radius 1 is 1.14 bits per heavy atom. The minimum Gasteiger partial charge on any atom is -0.464 e. The van der Waals surface area contributed by atoms with E-state index in [1.54, 1.807) is 12.1 Å². The van der Waals surface area contributed by atoms with E-state index in [1.165, 1.54) is 0 Å². The molecule has 1 heterocycles. The molecule has 1 aromatic heterocycles. The van der Waals surface area contributed by atoms with Gasteiger partial charge in [-0.1, -0.05) is 6.92 Å². The monoisotopic (exact) mass is 288 g/mol. The second-order valence-corrected chi connectivity index (χ2v) is 4.63. The van der Waals surface area contributed by atoms with Crippen molar-refractivity contribution in [2.75, 3.05) is 18.5 Å². The molecule has 0 unspecified atom stereocenters. The highest BCUT2D eigenvalue weighted by atomic mass is 16.3. The highest BCUT2D eigenvalue weighted by molar-refractivity contribution is 5.94. The summed E-state index contributed by atoms with van der Waals surface area (Å²) in [5, 5.41) is 14.5. The Morgan fingerprint density at radius 3 is 2.48 bits per heavy atom. The van der Waals surface area contributed by atoms with Crippen LogP contribution in [0.25, 0.3) is 0 Å². The highest BCUT2D eigenvalue weighted by Crippen LogP contribution is 2.13. The Hall–Kier alpha value is -2.27. The van der Waals surface area contributed by atoms with Crippen molar-refractivity contribution in [2.24, 2.45) is 0 Å². The minimum absolute atomic E-state index is 0.0612. The second-order valence-electron chi connectivity index (χ2n) is 4.63. The molecule has 1 amide bonds. The zero-order valence-electron chi connectivity index (χ0n) is 12.1. The second kappa shape index (κ2) is 7.50. The number of aliphatic hydroxyl groups excluding tert-OH is 1. The molecule has 112 valence electrons. The number of hydrogen-bond donors (Lipinski definition) is 3. The van der Waals surface area contributed by atoms with E-state index in [9.17, 15) is 4.79 Å². The lowest BCUT2D eigenvalue weighted by molar-refractivity contribution is 0.0945. The number of rotatable bonds is 7. The van der Waals surface area contributed by atoms with Gasteiger partial charge in [0.05, 0.1) is 13.2 Å². The van der Waals surface area contributed by atoms with Gasteiger partial charge in [0.2, 0.25) is 0 Å². The number of aliphatic hydroxyl groups is 1. The first-order valence-electron chi connectivity index (χ1n) is 7.03. The number of amides is 1. The average molecular weight is 288 g/mol. The van der Waals surface area contributed by atoms with Gasteiger partial charge in [-0.2, -0.15) is 0 Å². The fourth-order valence-electron chi connectivity index (χ4n) is 1.91. The first kappa shape index (κ1) is 15.1. The summed E-state index contributed by atoms with van der Waals surface area (Å²) in [6.45, 7) is 2.86. The molecule has 3 N–H and O–H groups in total. The minimum atomic E-state index is -0.186. The molecule has 2 rings (SSSR count). The maximum absolute atomic E-state index is 11.7. The number of benzene rings is 1. The summed E-state index contributed by atoms with van der Waals surface area (Å²) in [4.78, 5) is 11.7. The number of anilines is 1. The highest BCUT2D eigenvalue weighted by Gasteiger charge is 2.05. The lowest BCUT2D eigenvalue weighted by Crippen LogP contribution is -2.26. The maximum atomic E-state index is 11.7. The number of furan rings is 1. The molecule has 0 aliphatic carbocycles. The third-order valence-corrected chi connectivity index (χ3v) is 3.08. The van der Waals surface area contributed by atoms with Gasteiger partial charge in [-0.15, -0.1) is 0 Å². The van der Waals surface area contributed by atoms with Crippen LogP contribution in [0.1, 0.15) is 28.8 Å². The first-order valence-corrected chi connectivity index (χ1v) is 7.03. The van der Waals surface area contributed by atoms with Crippen LogP contribution in [0.3, 0.4) is 0 Å². The van der Waals surface area contributed by atoms with Crippen LogP contribution in [0.15, 0.2) is 40.8 Å². The zero-order valence-corrected chi connectivity index (χ0v) is 12.1. The maximum Gasteiger partial charge on any atom is 0.251 e. The smallest absolute Gasteiger partial charge is 0.251 e. The van der Waals surface area contributed by atoms with E-state index in [1.807, 2.05) is 24.3 Å². The Labute approximate surface area is 124 Å². The molecule has 0 saturated heterocycles. The summed E-state index contributed by atoms with van der Waals surface area (Å²) in [5.41, 5.74) is 1.49. The molecular weight excluding hydrogens is 268 g/mol. The van der Waals surface area contributed by atoms with Crippen LogP contribution in [0.5, 0.6) is 0 Å². The van der Waals surface area contributed by atoms with Gasteiger partial charge >= 0.3 is 0 Å². The molecule has 0 radical (unpaired) electrons. The topological polar surface area (TPSA) is 74.5 Å². The largest absolute Gasteiger partial charge is 0.464 e. The molecule has 21 heavy (non-hydrogen) atoms. The Kier molecular flexibility index (Phi) is 5.40. The molecule has 5 nitrogen and oxygen atoms in total. The van der Waals surface area contributed by atoms with E-state index in [2.05, 4.69) is 17.6 Å². The molecule has 0 bridgehead atoms. The summed E-state index contributed by atoms with van der Waals surface area (Å²) in [5.74, 6) is 1.67. The average Bonchev–Trinajstić information content (AvgIpc) is 2.99. The number of aryl methyl sites for hydroxylation is 1. The van der Waals surface area contributed by atoms with E-state index in [0.29, 0.717) is 12.1 Å². The predicted octanol–water partition coefficient (Wildman–Crippen LogP) is 2.18. The lowest BCUT2D eigenvalue weighted by Gasteiger charge is -2.06. The lowest BCUT2D eigenvalue weighted by atomic mass is 10.2. The van der Waals surface area contributed by atoms with Gasteiger partial charge in [0, 0.05) is 24.2 Å². The summed E-state index contributed by atoms with van der Waals surface area (Å²) in [7, 11) is 0. The van der Waals surface area contributed by atoms with Gasteiger partial charge < -0.3 is 20.2 Å². The van der Waals surface area contributed by atoms with Crippen molar-refractivity contribution in [1.82, 2.24) is 5.32 Å². The van der Waals surface area contributed by atoms with Gasteiger partial charge in [0.15, 0.2) is 0 Å². The van der Waals surface area contributed by atoms with E-state index >= 15 is 0 Å². The van der Waals surface area contributed by atoms with Crippen LogP contribution < -0.4 is 10.6 Å². The van der Waals surface area contributed by atoms with Crippen LogP contribution in [-0.2, 0) is 13.0 Å². The van der Waals surface area contributed by atoms with E-state index in [4.69, 9.17) is 9.52 Å². The Morgan fingerprint density at radius 2 is 1.86 bits per heavy atom. The van der Waals surface area contributed by atoms with Crippen molar-refractivity contribution >= 4 is 11.6 Å². The fraction of sp³-hybridized carbons (Fsp3) is 0.312. The van der Waals surface area contributed by atoms with E-state index in [-0.39, 0.29) is 19.1 Å². The Bertz CT molecular complexity index is 575.